The molecule has 0 aliphatic rings. The first-order chi connectivity index (χ1) is 7.20. The summed E-state index contributed by atoms with van der Waals surface area (Å²) in [6, 6.07) is 4.45. The zero-order valence-electron chi connectivity index (χ0n) is 7.89. The van der Waals surface area contributed by atoms with Gasteiger partial charge in [0.1, 0.15) is 5.82 Å². The van der Waals surface area contributed by atoms with Gasteiger partial charge in [0.25, 0.3) is 0 Å². The number of carbonyl (C=O) groups excluding carboxylic acids is 1. The van der Waals surface area contributed by atoms with Crippen molar-refractivity contribution >= 4 is 28.3 Å². The lowest BCUT2D eigenvalue weighted by Crippen LogP contribution is -2.02. The Hall–Kier alpha value is -1.35. The van der Waals surface area contributed by atoms with Crippen molar-refractivity contribution in [1.82, 2.24) is 4.98 Å². The summed E-state index contributed by atoms with van der Waals surface area (Å²) in [5.41, 5.74) is 1.61. The topological polar surface area (TPSA) is 32.9 Å². The number of fused-ring (bicyclic) bond motifs is 1. The molecule has 1 N–H and O–H groups in total. The van der Waals surface area contributed by atoms with Gasteiger partial charge in [-0.15, -0.1) is 11.6 Å². The van der Waals surface area contributed by atoms with Crippen LogP contribution in [0, 0.1) is 5.82 Å². The van der Waals surface area contributed by atoms with Crippen molar-refractivity contribution in [2.45, 2.75) is 6.42 Å². The van der Waals surface area contributed by atoms with Crippen LogP contribution in [0.4, 0.5) is 4.39 Å². The van der Waals surface area contributed by atoms with Crippen LogP contribution in [-0.2, 0) is 11.2 Å². The number of hydrogen-bond acceptors (Lipinski definition) is 1. The molecule has 0 unspecified atom stereocenters. The highest BCUT2D eigenvalue weighted by molar-refractivity contribution is 6.27. The number of benzene rings is 1. The van der Waals surface area contributed by atoms with Crippen molar-refractivity contribution < 1.29 is 9.18 Å². The lowest BCUT2D eigenvalue weighted by atomic mass is 10.1. The Morgan fingerprint density at radius 3 is 3.00 bits per heavy atom. The molecule has 0 amide bonds. The number of hydrogen-bond donors (Lipinski definition) is 1. The monoisotopic (exact) mass is 225 g/mol. The van der Waals surface area contributed by atoms with Gasteiger partial charge in [-0.2, -0.15) is 0 Å². The molecular weight excluding hydrogens is 217 g/mol. The first-order valence-electron chi connectivity index (χ1n) is 4.54. The number of nitrogens with one attached hydrogen (secondary N) is 1. The van der Waals surface area contributed by atoms with E-state index in [1.165, 1.54) is 12.1 Å². The third kappa shape index (κ3) is 2.02. The number of alkyl halides is 1. The number of halogens is 2. The molecule has 0 saturated carbocycles. The van der Waals surface area contributed by atoms with Gasteiger partial charge in [-0.3, -0.25) is 4.79 Å². The van der Waals surface area contributed by atoms with Crippen LogP contribution in [0.1, 0.15) is 5.56 Å². The summed E-state index contributed by atoms with van der Waals surface area (Å²) < 4.78 is 13.0. The van der Waals surface area contributed by atoms with Crippen molar-refractivity contribution in [3.05, 3.63) is 35.8 Å². The quantitative estimate of drug-likeness (QED) is 0.801. The highest BCUT2D eigenvalue weighted by atomic mass is 35.5. The molecule has 2 nitrogen and oxygen atoms in total. The fourth-order valence-corrected chi connectivity index (χ4v) is 1.65. The first-order valence-corrected chi connectivity index (χ1v) is 5.07. The van der Waals surface area contributed by atoms with E-state index in [-0.39, 0.29) is 23.9 Å². The molecule has 15 heavy (non-hydrogen) atoms. The fraction of sp³-hybridized carbons (Fsp3) is 0.182. The lowest BCUT2D eigenvalue weighted by molar-refractivity contribution is -0.116. The molecule has 0 fully saturated rings. The number of H-pyrrole nitrogens is 1. The van der Waals surface area contributed by atoms with Gasteiger partial charge in [0.15, 0.2) is 5.78 Å². The molecule has 78 valence electrons. The number of carbonyl (C=O) groups is 1. The van der Waals surface area contributed by atoms with Crippen molar-refractivity contribution in [2.75, 3.05) is 5.88 Å². The maximum Gasteiger partial charge on any atom is 0.152 e. The third-order valence-electron chi connectivity index (χ3n) is 2.27. The molecule has 4 heteroatoms. The van der Waals surface area contributed by atoms with Gasteiger partial charge in [0, 0.05) is 23.5 Å². The smallest absolute Gasteiger partial charge is 0.152 e. The van der Waals surface area contributed by atoms with Crippen LogP contribution in [0.15, 0.2) is 24.4 Å². The van der Waals surface area contributed by atoms with Gasteiger partial charge >= 0.3 is 0 Å². The lowest BCUT2D eigenvalue weighted by Gasteiger charge is -1.96. The van der Waals surface area contributed by atoms with Crippen molar-refractivity contribution in [3.63, 3.8) is 0 Å². The summed E-state index contributed by atoms with van der Waals surface area (Å²) in [4.78, 5) is 14.2. The van der Waals surface area contributed by atoms with E-state index in [1.807, 2.05) is 0 Å². The Morgan fingerprint density at radius 1 is 1.47 bits per heavy atom. The van der Waals surface area contributed by atoms with Crippen molar-refractivity contribution in [1.29, 1.82) is 0 Å². The van der Waals surface area contributed by atoms with E-state index >= 15 is 0 Å². The molecule has 0 bridgehead atoms. The number of aromatic nitrogens is 1. The van der Waals surface area contributed by atoms with Crippen LogP contribution in [0.5, 0.6) is 0 Å². The second kappa shape index (κ2) is 4.03. The van der Waals surface area contributed by atoms with Gasteiger partial charge in [0.05, 0.1) is 5.88 Å². The largest absolute Gasteiger partial charge is 0.361 e. The van der Waals surface area contributed by atoms with E-state index in [1.54, 1.807) is 12.3 Å². The van der Waals surface area contributed by atoms with Crippen LogP contribution in [0.2, 0.25) is 0 Å². The van der Waals surface area contributed by atoms with Crippen LogP contribution in [0.3, 0.4) is 0 Å². The number of Topliss-reactive ketones (excluding diaryl/α,β-unsaturated/α-hetero) is 1. The van der Waals surface area contributed by atoms with Crippen molar-refractivity contribution in [3.8, 4) is 0 Å². The molecule has 2 rings (SSSR count). The van der Waals surface area contributed by atoms with Crippen LogP contribution in [0.25, 0.3) is 10.9 Å². The van der Waals surface area contributed by atoms with Gasteiger partial charge in [0.2, 0.25) is 0 Å². The Kier molecular flexibility index (Phi) is 2.73. The molecule has 0 atom stereocenters. The fourth-order valence-electron chi connectivity index (χ4n) is 1.56. The van der Waals surface area contributed by atoms with Gasteiger partial charge in [-0.25, -0.2) is 4.39 Å². The summed E-state index contributed by atoms with van der Waals surface area (Å²) >= 11 is 5.42. The van der Waals surface area contributed by atoms with Gasteiger partial charge in [-0.1, -0.05) is 0 Å². The summed E-state index contributed by atoms with van der Waals surface area (Å²) in [5, 5.41) is 0.744. The standard InChI is InChI=1S/C11H9ClFNO/c12-5-9(15)3-7-6-14-11-2-1-8(13)4-10(7)11/h1-2,4,6,14H,3,5H2. The highest BCUT2D eigenvalue weighted by Gasteiger charge is 2.08. The van der Waals surface area contributed by atoms with E-state index < -0.39 is 0 Å². The van der Waals surface area contributed by atoms with Crippen LogP contribution < -0.4 is 0 Å². The number of ketones is 1. The molecular formula is C11H9ClFNO. The predicted molar refractivity (Wildman–Crippen MR) is 57.7 cm³/mol. The molecule has 0 spiro atoms. The van der Waals surface area contributed by atoms with E-state index in [2.05, 4.69) is 4.98 Å². The Balaban J connectivity index is 2.43. The van der Waals surface area contributed by atoms with Crippen LogP contribution in [-0.4, -0.2) is 16.6 Å². The Labute approximate surface area is 91.0 Å². The van der Waals surface area contributed by atoms with E-state index in [0.29, 0.717) is 0 Å². The summed E-state index contributed by atoms with van der Waals surface area (Å²) in [5.74, 6) is -0.384. The minimum absolute atomic E-state index is 0.0119. The Morgan fingerprint density at radius 2 is 2.27 bits per heavy atom. The summed E-state index contributed by atoms with van der Waals surface area (Å²) in [7, 11) is 0. The molecule has 2 aromatic rings. The average molecular weight is 226 g/mol. The molecule has 1 aromatic carbocycles. The third-order valence-corrected chi connectivity index (χ3v) is 2.56. The summed E-state index contributed by atoms with van der Waals surface area (Å²) in [6.07, 6.45) is 1.96. The zero-order chi connectivity index (χ0) is 10.8. The van der Waals surface area contributed by atoms with E-state index in [9.17, 15) is 9.18 Å². The maximum absolute atomic E-state index is 13.0. The van der Waals surface area contributed by atoms with Crippen molar-refractivity contribution in [2.24, 2.45) is 0 Å². The molecule has 0 aliphatic carbocycles. The molecule has 0 radical (unpaired) electrons. The number of rotatable bonds is 3. The van der Waals surface area contributed by atoms with Gasteiger partial charge in [-0.05, 0) is 23.8 Å². The molecule has 1 aromatic heterocycles. The molecule has 0 aliphatic heterocycles. The minimum Gasteiger partial charge on any atom is -0.361 e. The van der Waals surface area contributed by atoms with Crippen LogP contribution >= 0.6 is 11.6 Å². The SMILES string of the molecule is O=C(CCl)Cc1c[nH]c2ccc(F)cc12. The number of aromatic amines is 1. The zero-order valence-corrected chi connectivity index (χ0v) is 8.64. The molecule has 0 saturated heterocycles. The van der Waals surface area contributed by atoms with E-state index in [4.69, 9.17) is 11.6 Å². The second-order valence-electron chi connectivity index (χ2n) is 3.35. The Bertz CT molecular complexity index is 506. The predicted octanol–water partition coefficient (Wildman–Crippen LogP) is 2.66. The average Bonchev–Trinajstić information content (AvgIpc) is 2.61. The van der Waals surface area contributed by atoms with Gasteiger partial charge < -0.3 is 4.98 Å². The summed E-state index contributed by atoms with van der Waals surface area (Å²) in [6.45, 7) is 0. The highest BCUT2D eigenvalue weighted by Crippen LogP contribution is 2.19. The molecule has 1 heterocycles. The minimum atomic E-state index is -0.304. The first kappa shape index (κ1) is 10.2. The van der Waals surface area contributed by atoms with E-state index in [0.717, 1.165) is 16.5 Å². The normalized spacial score (nSPS) is 10.8. The second-order valence-corrected chi connectivity index (χ2v) is 3.62. The maximum atomic E-state index is 13.0.